The molecule has 1 amide bonds. The lowest BCUT2D eigenvalue weighted by Gasteiger charge is -2.05. The zero-order valence-corrected chi connectivity index (χ0v) is 14.4. The molecule has 0 saturated carbocycles. The van der Waals surface area contributed by atoms with Crippen LogP contribution in [-0.4, -0.2) is 25.5 Å². The van der Waals surface area contributed by atoms with Gasteiger partial charge in [0, 0.05) is 17.1 Å². The van der Waals surface area contributed by atoms with Crippen molar-refractivity contribution in [3.8, 4) is 11.1 Å². The Kier molecular flexibility index (Phi) is 4.19. The van der Waals surface area contributed by atoms with Gasteiger partial charge in [-0.2, -0.15) is 18.3 Å². The van der Waals surface area contributed by atoms with Crippen LogP contribution in [0, 0.1) is 0 Å². The molecule has 1 aromatic carbocycles. The highest BCUT2D eigenvalue weighted by atomic mass is 32.1. The molecule has 0 bridgehead atoms. The molecule has 0 aliphatic carbocycles. The van der Waals surface area contributed by atoms with Gasteiger partial charge in [-0.15, -0.1) is 11.3 Å². The Morgan fingerprint density at radius 2 is 2.15 bits per heavy atom. The average molecular weight is 391 g/mol. The van der Waals surface area contributed by atoms with Crippen molar-refractivity contribution in [1.82, 2.24) is 19.6 Å². The van der Waals surface area contributed by atoms with E-state index in [-0.39, 0.29) is 23.0 Å². The van der Waals surface area contributed by atoms with Gasteiger partial charge in [0.1, 0.15) is 16.9 Å². The average Bonchev–Trinajstić information content (AvgIpc) is 3.33. The van der Waals surface area contributed by atoms with E-state index < -0.39 is 11.9 Å². The van der Waals surface area contributed by atoms with Crippen LogP contribution in [-0.2, 0) is 17.4 Å². The number of H-pyrrole nitrogens is 1. The molecule has 3 heterocycles. The number of hydrogen-bond acceptors (Lipinski definition) is 4. The van der Waals surface area contributed by atoms with E-state index in [2.05, 4.69) is 20.5 Å². The normalized spacial score (nSPS) is 11.8. The summed E-state index contributed by atoms with van der Waals surface area (Å²) in [6, 6.07) is 7.39. The van der Waals surface area contributed by atoms with Crippen molar-refractivity contribution in [2.75, 3.05) is 5.32 Å². The largest absolute Gasteiger partial charge is 0.432 e. The molecule has 0 aliphatic rings. The fraction of sp³-hybridized carbons (Fsp3) is 0.118. The van der Waals surface area contributed by atoms with Crippen LogP contribution >= 0.6 is 11.3 Å². The molecule has 4 rings (SSSR count). The molecule has 4 aromatic rings. The number of aromatic nitrogens is 4. The van der Waals surface area contributed by atoms with Gasteiger partial charge in [-0.3, -0.25) is 14.3 Å². The molecule has 27 heavy (non-hydrogen) atoms. The topological polar surface area (TPSA) is 75.1 Å². The lowest BCUT2D eigenvalue weighted by Crippen LogP contribution is -2.14. The minimum atomic E-state index is -4.48. The zero-order valence-electron chi connectivity index (χ0n) is 13.6. The smallest absolute Gasteiger partial charge is 0.308 e. The van der Waals surface area contributed by atoms with Crippen LogP contribution in [0.25, 0.3) is 16.0 Å². The SMILES string of the molecule is O=C(Cc1cccc(-c2cn[nH]c2)c1)Nc1ncn2c(C(F)(F)F)csc12. The number of fused-ring (bicyclic) bond motifs is 1. The van der Waals surface area contributed by atoms with Gasteiger partial charge in [-0.25, -0.2) is 4.98 Å². The first-order chi connectivity index (χ1) is 12.9. The maximum Gasteiger partial charge on any atom is 0.432 e. The fourth-order valence-corrected chi connectivity index (χ4v) is 3.66. The van der Waals surface area contributed by atoms with E-state index in [1.165, 1.54) is 0 Å². The number of alkyl halides is 3. The quantitative estimate of drug-likeness (QED) is 0.552. The second-order valence-corrected chi connectivity index (χ2v) is 6.66. The van der Waals surface area contributed by atoms with Crippen molar-refractivity contribution >= 4 is 27.9 Å². The van der Waals surface area contributed by atoms with Crippen LogP contribution in [0.4, 0.5) is 19.0 Å². The summed E-state index contributed by atoms with van der Waals surface area (Å²) in [5.74, 6) is -0.242. The Bertz CT molecular complexity index is 1100. The predicted octanol–water partition coefficient (Wildman–Crippen LogP) is 3.99. The van der Waals surface area contributed by atoms with Crippen LogP contribution in [0.1, 0.15) is 11.3 Å². The number of carbonyl (C=O) groups is 1. The van der Waals surface area contributed by atoms with E-state index in [0.717, 1.165) is 44.1 Å². The monoisotopic (exact) mass is 391 g/mol. The summed E-state index contributed by atoms with van der Waals surface area (Å²) in [5, 5.41) is 10.2. The lowest BCUT2D eigenvalue weighted by molar-refractivity contribution is -0.141. The van der Waals surface area contributed by atoms with Crippen molar-refractivity contribution in [3.05, 3.63) is 59.6 Å². The van der Waals surface area contributed by atoms with Gasteiger partial charge in [0.25, 0.3) is 0 Å². The standard InChI is InChI=1S/C17H12F3N5OS/c18-17(19,20)13-8-27-16-15(21-9-25(13)16)24-14(26)5-10-2-1-3-11(4-10)12-6-22-23-7-12/h1-4,6-9H,5H2,(H,22,23)(H,24,26). The number of benzene rings is 1. The maximum absolute atomic E-state index is 12.9. The third-order valence-corrected chi connectivity index (χ3v) is 4.89. The lowest BCUT2D eigenvalue weighted by atomic mass is 10.0. The Balaban J connectivity index is 1.51. The second kappa shape index (κ2) is 6.54. The molecule has 0 unspecified atom stereocenters. The molecular formula is C17H12F3N5OS. The second-order valence-electron chi connectivity index (χ2n) is 5.80. The summed E-state index contributed by atoms with van der Waals surface area (Å²) >= 11 is 0.878. The van der Waals surface area contributed by atoms with E-state index in [1.807, 2.05) is 18.2 Å². The number of thiazole rings is 1. The highest BCUT2D eigenvalue weighted by Gasteiger charge is 2.35. The Morgan fingerprint density at radius 1 is 1.30 bits per heavy atom. The number of amides is 1. The highest BCUT2D eigenvalue weighted by Crippen LogP contribution is 2.35. The maximum atomic E-state index is 12.9. The van der Waals surface area contributed by atoms with Crippen LogP contribution in [0.3, 0.4) is 0 Å². The van der Waals surface area contributed by atoms with Crippen molar-refractivity contribution < 1.29 is 18.0 Å². The molecule has 0 spiro atoms. The summed E-state index contributed by atoms with van der Waals surface area (Å²) in [6.45, 7) is 0. The Hall–Kier alpha value is -3.14. The van der Waals surface area contributed by atoms with Gasteiger partial charge >= 0.3 is 6.18 Å². The number of imidazole rings is 1. The predicted molar refractivity (Wildman–Crippen MR) is 94.4 cm³/mol. The number of nitrogens with one attached hydrogen (secondary N) is 2. The third kappa shape index (κ3) is 3.43. The van der Waals surface area contributed by atoms with E-state index in [1.54, 1.807) is 18.5 Å². The number of nitrogens with zero attached hydrogens (tertiary/aromatic N) is 3. The number of rotatable bonds is 4. The Morgan fingerprint density at radius 3 is 2.89 bits per heavy atom. The van der Waals surface area contributed by atoms with Crippen LogP contribution in [0.2, 0.25) is 0 Å². The zero-order chi connectivity index (χ0) is 19.0. The minimum Gasteiger partial charge on any atom is -0.308 e. The van der Waals surface area contributed by atoms with Crippen LogP contribution in [0.5, 0.6) is 0 Å². The highest BCUT2D eigenvalue weighted by molar-refractivity contribution is 7.16. The fourth-order valence-electron chi connectivity index (χ4n) is 2.71. The summed E-state index contributed by atoms with van der Waals surface area (Å²) < 4.78 is 39.7. The van der Waals surface area contributed by atoms with Crippen LogP contribution < -0.4 is 5.32 Å². The number of carbonyl (C=O) groups excluding carboxylic acids is 1. The number of hydrogen-bond donors (Lipinski definition) is 2. The Labute approximate surface area is 154 Å². The molecule has 2 N–H and O–H groups in total. The number of anilines is 1. The van der Waals surface area contributed by atoms with Crippen LogP contribution in [0.15, 0.2) is 48.4 Å². The molecule has 0 fully saturated rings. The first-order valence-corrected chi connectivity index (χ1v) is 8.69. The molecular weight excluding hydrogens is 379 g/mol. The molecule has 6 nitrogen and oxygen atoms in total. The van der Waals surface area contributed by atoms with Gasteiger partial charge in [0.2, 0.25) is 5.91 Å². The molecule has 0 saturated heterocycles. The molecule has 0 radical (unpaired) electrons. The summed E-state index contributed by atoms with van der Waals surface area (Å²) in [7, 11) is 0. The molecule has 10 heteroatoms. The molecule has 138 valence electrons. The van der Waals surface area contributed by atoms with E-state index in [9.17, 15) is 18.0 Å². The third-order valence-electron chi connectivity index (χ3n) is 3.94. The summed E-state index contributed by atoms with van der Waals surface area (Å²) in [6.07, 6.45) is 0.0753. The minimum absolute atomic E-state index is 0.0716. The first kappa shape index (κ1) is 17.3. The van der Waals surface area contributed by atoms with Gasteiger partial charge in [0.05, 0.1) is 12.6 Å². The van der Waals surface area contributed by atoms with E-state index in [4.69, 9.17) is 0 Å². The van der Waals surface area contributed by atoms with E-state index >= 15 is 0 Å². The first-order valence-electron chi connectivity index (χ1n) is 7.81. The van der Waals surface area contributed by atoms with Gasteiger partial charge in [0.15, 0.2) is 5.82 Å². The van der Waals surface area contributed by atoms with Gasteiger partial charge < -0.3 is 5.32 Å². The van der Waals surface area contributed by atoms with Crippen molar-refractivity contribution in [1.29, 1.82) is 0 Å². The number of aromatic amines is 1. The summed E-state index contributed by atoms with van der Waals surface area (Å²) in [4.78, 5) is 16.5. The molecule has 3 aromatic heterocycles. The van der Waals surface area contributed by atoms with Crippen molar-refractivity contribution in [2.45, 2.75) is 12.6 Å². The summed E-state index contributed by atoms with van der Waals surface area (Å²) in [5.41, 5.74) is 1.75. The number of halogens is 3. The molecule has 0 aliphatic heterocycles. The van der Waals surface area contributed by atoms with Gasteiger partial charge in [-0.1, -0.05) is 24.3 Å². The van der Waals surface area contributed by atoms with Gasteiger partial charge in [-0.05, 0) is 11.1 Å². The molecule has 0 atom stereocenters. The van der Waals surface area contributed by atoms with Crippen molar-refractivity contribution in [3.63, 3.8) is 0 Å². The van der Waals surface area contributed by atoms with Crippen molar-refractivity contribution in [2.24, 2.45) is 0 Å². The van der Waals surface area contributed by atoms with E-state index in [0.29, 0.717) is 0 Å².